The molecule has 2 fully saturated rings. The number of hydrogen-bond donors (Lipinski definition) is 1. The third-order valence-corrected chi connectivity index (χ3v) is 7.72. The molecule has 0 aliphatic carbocycles. The molecule has 2 saturated heterocycles. The first-order chi connectivity index (χ1) is 17.7. The number of amides is 2. The Labute approximate surface area is 218 Å². The molecular weight excluding hydrogens is 470 g/mol. The minimum Gasteiger partial charge on any atom is -0.388 e. The number of benzene rings is 1. The number of anilines is 1. The Hall–Kier alpha value is -3.04. The molecule has 0 radical (unpaired) electrons. The normalized spacial score (nSPS) is 18.5. The zero-order chi connectivity index (χ0) is 26.4. The quantitative estimate of drug-likeness (QED) is 0.557. The SMILES string of the molecule is CC(=O)N(CCN1CCCC1)c1cc(=O)n(CC2(O)CCN(C(=O)C[C@@H](C)c3ccccc3)CC2)cn1. The molecule has 3 heterocycles. The first kappa shape index (κ1) is 27.0. The van der Waals surface area contributed by atoms with Gasteiger partial charge in [-0.15, -0.1) is 0 Å². The van der Waals surface area contributed by atoms with Crippen LogP contribution in [0.25, 0.3) is 0 Å². The number of aliphatic hydroxyl groups is 1. The molecule has 2 aromatic rings. The maximum Gasteiger partial charge on any atom is 0.255 e. The molecule has 0 bridgehead atoms. The summed E-state index contributed by atoms with van der Waals surface area (Å²) in [7, 11) is 0. The molecule has 37 heavy (non-hydrogen) atoms. The van der Waals surface area contributed by atoms with E-state index < -0.39 is 5.60 Å². The van der Waals surface area contributed by atoms with Gasteiger partial charge in [0.15, 0.2) is 0 Å². The van der Waals surface area contributed by atoms with Gasteiger partial charge in [0, 0.05) is 45.6 Å². The van der Waals surface area contributed by atoms with Crippen molar-refractivity contribution < 1.29 is 14.7 Å². The summed E-state index contributed by atoms with van der Waals surface area (Å²) in [6, 6.07) is 11.4. The van der Waals surface area contributed by atoms with Crippen molar-refractivity contribution in [3.8, 4) is 0 Å². The molecule has 2 amide bonds. The largest absolute Gasteiger partial charge is 0.388 e. The summed E-state index contributed by atoms with van der Waals surface area (Å²) in [5, 5.41) is 11.2. The second kappa shape index (κ2) is 12.0. The zero-order valence-corrected chi connectivity index (χ0v) is 22.0. The average Bonchev–Trinajstić information content (AvgIpc) is 3.40. The Morgan fingerprint density at radius 2 is 1.78 bits per heavy atom. The molecule has 2 aliphatic heterocycles. The average molecular weight is 510 g/mol. The number of rotatable bonds is 9. The van der Waals surface area contributed by atoms with Gasteiger partial charge in [-0.3, -0.25) is 23.9 Å². The number of nitrogens with zero attached hydrogens (tertiary/aromatic N) is 5. The number of hydrogen-bond acceptors (Lipinski definition) is 6. The highest BCUT2D eigenvalue weighted by atomic mass is 16.3. The standard InChI is InChI=1S/C28H39N5O4/c1-22(24-8-4-3-5-9-24)18-26(35)31-14-10-28(37,11-15-31)20-32-21-29-25(19-27(32)36)33(23(2)34)17-16-30-12-6-7-13-30/h3-5,8-9,19,21-22,37H,6-7,10-18,20H2,1-2H3/t22-/m1/s1. The van der Waals surface area contributed by atoms with Gasteiger partial charge in [-0.2, -0.15) is 0 Å². The third-order valence-electron chi connectivity index (χ3n) is 7.72. The summed E-state index contributed by atoms with van der Waals surface area (Å²) in [6.07, 6.45) is 4.98. The molecule has 1 atom stereocenters. The monoisotopic (exact) mass is 509 g/mol. The van der Waals surface area contributed by atoms with Crippen LogP contribution in [0.1, 0.15) is 57.4 Å². The fourth-order valence-electron chi connectivity index (χ4n) is 5.30. The molecule has 200 valence electrons. The maximum absolute atomic E-state index is 12.9. The molecular formula is C28H39N5O4. The van der Waals surface area contributed by atoms with E-state index in [0.717, 1.165) is 25.2 Å². The van der Waals surface area contributed by atoms with E-state index >= 15 is 0 Å². The first-order valence-electron chi connectivity index (χ1n) is 13.4. The Morgan fingerprint density at radius 1 is 1.11 bits per heavy atom. The van der Waals surface area contributed by atoms with Crippen molar-refractivity contribution in [3.63, 3.8) is 0 Å². The molecule has 2 aliphatic rings. The number of carbonyl (C=O) groups excluding carboxylic acids is 2. The van der Waals surface area contributed by atoms with Gasteiger partial charge in [0.25, 0.3) is 5.56 Å². The summed E-state index contributed by atoms with van der Waals surface area (Å²) in [5.74, 6) is 0.399. The van der Waals surface area contributed by atoms with Crippen molar-refractivity contribution >= 4 is 17.6 Å². The number of carbonyl (C=O) groups is 2. The van der Waals surface area contributed by atoms with E-state index in [0.29, 0.717) is 44.7 Å². The van der Waals surface area contributed by atoms with Crippen molar-refractivity contribution in [2.75, 3.05) is 44.2 Å². The van der Waals surface area contributed by atoms with Crippen molar-refractivity contribution in [1.82, 2.24) is 19.4 Å². The van der Waals surface area contributed by atoms with Gasteiger partial charge in [-0.25, -0.2) is 4.98 Å². The van der Waals surface area contributed by atoms with Crippen LogP contribution in [0.3, 0.4) is 0 Å². The Morgan fingerprint density at radius 3 is 2.41 bits per heavy atom. The van der Waals surface area contributed by atoms with Crippen LogP contribution in [0.4, 0.5) is 5.82 Å². The smallest absolute Gasteiger partial charge is 0.255 e. The third kappa shape index (κ3) is 7.05. The summed E-state index contributed by atoms with van der Waals surface area (Å²) in [6.45, 7) is 7.85. The highest BCUT2D eigenvalue weighted by molar-refractivity contribution is 5.90. The second-order valence-electron chi connectivity index (χ2n) is 10.6. The van der Waals surface area contributed by atoms with Gasteiger partial charge in [0.2, 0.25) is 11.8 Å². The molecule has 1 aromatic heterocycles. The highest BCUT2D eigenvalue weighted by Crippen LogP contribution is 2.26. The summed E-state index contributed by atoms with van der Waals surface area (Å²) >= 11 is 0. The van der Waals surface area contributed by atoms with Crippen molar-refractivity contribution in [2.45, 2.75) is 64.0 Å². The lowest BCUT2D eigenvalue weighted by atomic mass is 9.90. The second-order valence-corrected chi connectivity index (χ2v) is 10.6. The number of likely N-dealkylation sites (tertiary alicyclic amines) is 2. The van der Waals surface area contributed by atoms with Gasteiger partial charge in [-0.1, -0.05) is 37.3 Å². The fraction of sp³-hybridized carbons (Fsp3) is 0.571. The van der Waals surface area contributed by atoms with Crippen LogP contribution < -0.4 is 10.5 Å². The van der Waals surface area contributed by atoms with Gasteiger partial charge in [0.1, 0.15) is 5.82 Å². The van der Waals surface area contributed by atoms with Gasteiger partial charge >= 0.3 is 0 Å². The van der Waals surface area contributed by atoms with E-state index in [9.17, 15) is 19.5 Å². The van der Waals surface area contributed by atoms with E-state index in [1.807, 2.05) is 35.2 Å². The number of aromatic nitrogens is 2. The minimum absolute atomic E-state index is 0.0832. The molecule has 9 nitrogen and oxygen atoms in total. The van der Waals surface area contributed by atoms with E-state index in [4.69, 9.17) is 0 Å². The lowest BCUT2D eigenvalue weighted by molar-refractivity contribution is -0.136. The van der Waals surface area contributed by atoms with Crippen LogP contribution in [0.2, 0.25) is 0 Å². The van der Waals surface area contributed by atoms with Gasteiger partial charge in [-0.05, 0) is 50.3 Å². The summed E-state index contributed by atoms with van der Waals surface area (Å²) < 4.78 is 1.40. The predicted octanol–water partition coefficient (Wildman–Crippen LogP) is 2.24. The Balaban J connectivity index is 1.32. The van der Waals surface area contributed by atoms with Crippen LogP contribution in [0, 0.1) is 0 Å². The molecule has 0 saturated carbocycles. The Bertz CT molecular complexity index is 1120. The van der Waals surface area contributed by atoms with E-state index in [1.165, 1.54) is 36.7 Å². The molecule has 4 rings (SSSR count). The lowest BCUT2D eigenvalue weighted by Crippen LogP contribution is -2.49. The lowest BCUT2D eigenvalue weighted by Gasteiger charge is -2.38. The molecule has 0 unspecified atom stereocenters. The van der Waals surface area contributed by atoms with E-state index in [2.05, 4.69) is 16.8 Å². The van der Waals surface area contributed by atoms with Crippen LogP contribution in [0.15, 0.2) is 47.5 Å². The topological polar surface area (TPSA) is 99.0 Å². The molecule has 0 spiro atoms. The zero-order valence-electron chi connectivity index (χ0n) is 22.0. The van der Waals surface area contributed by atoms with Crippen molar-refractivity contribution in [2.24, 2.45) is 0 Å². The molecule has 1 N–H and O–H groups in total. The predicted molar refractivity (Wildman–Crippen MR) is 142 cm³/mol. The number of piperidine rings is 1. The maximum atomic E-state index is 12.9. The van der Waals surface area contributed by atoms with E-state index in [-0.39, 0.29) is 29.8 Å². The van der Waals surface area contributed by atoms with Gasteiger partial charge in [0.05, 0.1) is 18.5 Å². The highest BCUT2D eigenvalue weighted by Gasteiger charge is 2.35. The van der Waals surface area contributed by atoms with Crippen molar-refractivity contribution in [3.05, 3.63) is 58.6 Å². The van der Waals surface area contributed by atoms with E-state index in [1.54, 1.807) is 4.90 Å². The first-order valence-corrected chi connectivity index (χ1v) is 13.4. The molecule has 1 aromatic carbocycles. The van der Waals surface area contributed by atoms with Crippen LogP contribution in [-0.2, 0) is 16.1 Å². The van der Waals surface area contributed by atoms with Crippen LogP contribution in [-0.4, -0.2) is 81.1 Å². The van der Waals surface area contributed by atoms with Gasteiger partial charge < -0.3 is 14.9 Å². The summed E-state index contributed by atoms with van der Waals surface area (Å²) in [4.78, 5) is 48.0. The van der Waals surface area contributed by atoms with Crippen LogP contribution >= 0.6 is 0 Å². The summed E-state index contributed by atoms with van der Waals surface area (Å²) in [5.41, 5.74) is -0.259. The van der Waals surface area contributed by atoms with Crippen molar-refractivity contribution in [1.29, 1.82) is 0 Å². The minimum atomic E-state index is -1.09. The Kier molecular flexibility index (Phi) is 8.76. The fourth-order valence-corrected chi connectivity index (χ4v) is 5.30. The molecule has 9 heteroatoms. The van der Waals surface area contributed by atoms with Crippen LogP contribution in [0.5, 0.6) is 0 Å².